The number of sulfonamides is 1. The topological polar surface area (TPSA) is 86.7 Å². The van der Waals surface area contributed by atoms with Gasteiger partial charge in [-0.3, -0.25) is 4.79 Å². The summed E-state index contributed by atoms with van der Waals surface area (Å²) in [6, 6.07) is 5.55. The first-order valence-electron chi connectivity index (χ1n) is 11.1. The third-order valence-corrected chi connectivity index (χ3v) is 7.92. The van der Waals surface area contributed by atoms with E-state index in [1.165, 1.54) is 37.8 Å². The second kappa shape index (κ2) is 8.66. The van der Waals surface area contributed by atoms with E-state index in [0.717, 1.165) is 12.1 Å². The minimum atomic E-state index is -3.62. The summed E-state index contributed by atoms with van der Waals surface area (Å²) in [5, 5.41) is 10.4. The monoisotopic (exact) mass is 496 g/mol. The van der Waals surface area contributed by atoms with Gasteiger partial charge in [-0.2, -0.15) is 0 Å². The summed E-state index contributed by atoms with van der Waals surface area (Å²) in [4.78, 5) is 14.5. The number of amides is 1. The molecule has 10 heteroatoms. The van der Waals surface area contributed by atoms with Crippen molar-refractivity contribution in [2.75, 3.05) is 5.75 Å². The summed E-state index contributed by atoms with van der Waals surface area (Å²) in [6.07, 6.45) is 0.545. The van der Waals surface area contributed by atoms with Crippen molar-refractivity contribution >= 4 is 15.9 Å². The highest BCUT2D eigenvalue weighted by atomic mass is 32.2. The fraction of sp³-hybridized carbons (Fsp3) is 0.458. The van der Waals surface area contributed by atoms with Gasteiger partial charge in [0.25, 0.3) is 5.91 Å². The molecular weight excluding hydrogens is 469 g/mol. The number of carbonyl (C=O) groups excluding carboxylic acids is 1. The predicted octanol–water partition coefficient (Wildman–Crippen LogP) is 2.99. The van der Waals surface area contributed by atoms with Gasteiger partial charge < -0.3 is 10.0 Å². The van der Waals surface area contributed by atoms with Crippen LogP contribution in [-0.4, -0.2) is 53.8 Å². The number of fused-ring (bicyclic) bond motifs is 1. The molecule has 34 heavy (non-hydrogen) atoms. The number of likely N-dealkylation sites (tertiary alicyclic amines) is 1. The van der Waals surface area contributed by atoms with E-state index in [9.17, 15) is 27.1 Å². The summed E-state index contributed by atoms with van der Waals surface area (Å²) >= 11 is 0. The Kier molecular flexibility index (Phi) is 6.28. The Balaban J connectivity index is 1.72. The van der Waals surface area contributed by atoms with Crippen LogP contribution < -0.4 is 4.72 Å². The number of halogens is 3. The van der Waals surface area contributed by atoms with Crippen molar-refractivity contribution in [3.05, 3.63) is 59.4 Å². The van der Waals surface area contributed by atoms with E-state index in [1.54, 1.807) is 6.07 Å². The van der Waals surface area contributed by atoms with Crippen LogP contribution in [-0.2, 0) is 21.2 Å². The first kappa shape index (κ1) is 24.7. The van der Waals surface area contributed by atoms with Crippen LogP contribution in [0, 0.1) is 23.4 Å². The molecule has 0 aromatic heterocycles. The van der Waals surface area contributed by atoms with Crippen LogP contribution in [0.4, 0.5) is 13.2 Å². The number of nitrogens with one attached hydrogen (secondary N) is 1. The van der Waals surface area contributed by atoms with Crippen LogP contribution in [0.3, 0.4) is 0 Å². The molecule has 184 valence electrons. The van der Waals surface area contributed by atoms with Crippen LogP contribution in [0.15, 0.2) is 36.4 Å². The molecule has 0 bridgehead atoms. The van der Waals surface area contributed by atoms with Gasteiger partial charge in [0.1, 0.15) is 23.1 Å². The lowest BCUT2D eigenvalue weighted by molar-refractivity contribution is -0.150. The molecule has 1 aliphatic heterocycles. The Labute approximate surface area is 196 Å². The zero-order chi connectivity index (χ0) is 25.0. The zero-order valence-corrected chi connectivity index (χ0v) is 19.9. The van der Waals surface area contributed by atoms with Crippen LogP contribution in [0.2, 0.25) is 0 Å². The van der Waals surface area contributed by atoms with E-state index in [2.05, 4.69) is 4.72 Å². The molecule has 2 N–H and O–H groups in total. The number of aliphatic hydroxyl groups is 1. The van der Waals surface area contributed by atoms with E-state index < -0.39 is 51.1 Å². The van der Waals surface area contributed by atoms with Gasteiger partial charge in [-0.1, -0.05) is 18.2 Å². The second-order valence-corrected chi connectivity index (χ2v) is 11.5. The van der Waals surface area contributed by atoms with Gasteiger partial charge in [0.15, 0.2) is 0 Å². The molecule has 0 spiro atoms. The number of rotatable bonds is 7. The Morgan fingerprint density at radius 3 is 2.41 bits per heavy atom. The maximum Gasteiger partial charge on any atom is 0.254 e. The first-order valence-corrected chi connectivity index (χ1v) is 12.8. The Bertz CT molecular complexity index is 1210. The summed E-state index contributed by atoms with van der Waals surface area (Å²) in [7, 11) is -3.62. The number of hydrogen-bond acceptors (Lipinski definition) is 4. The molecule has 0 radical (unpaired) electrons. The third-order valence-electron chi connectivity index (χ3n) is 6.53. The van der Waals surface area contributed by atoms with Gasteiger partial charge in [-0.05, 0) is 62.8 Å². The van der Waals surface area contributed by atoms with E-state index in [0.29, 0.717) is 12.5 Å². The highest BCUT2D eigenvalue weighted by Crippen LogP contribution is 2.50. The molecule has 2 aromatic carbocycles. The minimum Gasteiger partial charge on any atom is -0.381 e. The molecule has 0 unspecified atom stereocenters. The molecule has 2 aromatic rings. The standard InChI is InChI=1S/C24H27F3N2O4S/c1-4-34(32,33)28-22-18-12-19(18)29(23(30)24(2,3)31)20(22)10-13-6-5-7-17(21(13)27)14-8-15(25)11-16(26)9-14/h5-9,11,18-20,22,28,31H,4,10,12H2,1-3H3/t18-,19+,20+,22+/m1/s1. The highest BCUT2D eigenvalue weighted by molar-refractivity contribution is 7.89. The molecule has 4 rings (SSSR count). The largest absolute Gasteiger partial charge is 0.381 e. The molecule has 2 fully saturated rings. The van der Waals surface area contributed by atoms with Crippen molar-refractivity contribution in [2.45, 2.75) is 57.3 Å². The van der Waals surface area contributed by atoms with Crippen LogP contribution in [0.25, 0.3) is 11.1 Å². The quantitative estimate of drug-likeness (QED) is 0.617. The van der Waals surface area contributed by atoms with Gasteiger partial charge in [0.05, 0.1) is 11.8 Å². The van der Waals surface area contributed by atoms with Crippen LogP contribution >= 0.6 is 0 Å². The average molecular weight is 497 g/mol. The third kappa shape index (κ3) is 4.71. The maximum absolute atomic E-state index is 15.5. The highest BCUT2D eigenvalue weighted by Gasteiger charge is 2.62. The number of carbonyl (C=O) groups is 1. The fourth-order valence-electron chi connectivity index (χ4n) is 4.80. The van der Waals surface area contributed by atoms with Crippen LogP contribution in [0.5, 0.6) is 0 Å². The number of hydrogen-bond donors (Lipinski definition) is 2. The van der Waals surface area contributed by atoms with Gasteiger partial charge in [0.2, 0.25) is 10.0 Å². The SMILES string of the molecule is CCS(=O)(=O)N[C@H]1[C@@H]2C[C@@H]2N(C(=O)C(C)(C)O)[C@H]1Cc1cccc(-c2cc(F)cc(F)c2)c1F. The smallest absolute Gasteiger partial charge is 0.254 e. The number of benzene rings is 2. The van der Waals surface area contributed by atoms with E-state index in [-0.39, 0.29) is 40.8 Å². The molecule has 1 amide bonds. The molecule has 6 nitrogen and oxygen atoms in total. The lowest BCUT2D eigenvalue weighted by atomic mass is 9.94. The summed E-state index contributed by atoms with van der Waals surface area (Å²) < 4.78 is 70.3. The van der Waals surface area contributed by atoms with Gasteiger partial charge in [-0.15, -0.1) is 0 Å². The number of nitrogens with zero attached hydrogens (tertiary/aromatic N) is 1. The van der Waals surface area contributed by atoms with Gasteiger partial charge in [0, 0.05) is 23.7 Å². The summed E-state index contributed by atoms with van der Waals surface area (Å²) in [5.74, 6) is -3.24. The molecular formula is C24H27F3N2O4S. The summed E-state index contributed by atoms with van der Waals surface area (Å²) in [5.41, 5.74) is -1.50. The Morgan fingerprint density at radius 1 is 1.18 bits per heavy atom. The lowest BCUT2D eigenvalue weighted by Crippen LogP contribution is -2.55. The van der Waals surface area contributed by atoms with Crippen molar-refractivity contribution < 1.29 is 31.5 Å². The molecule has 1 saturated carbocycles. The van der Waals surface area contributed by atoms with Gasteiger partial charge in [-0.25, -0.2) is 26.3 Å². The second-order valence-electron chi connectivity index (χ2n) is 9.49. The van der Waals surface area contributed by atoms with Crippen molar-refractivity contribution in [3.8, 4) is 11.1 Å². The van der Waals surface area contributed by atoms with Crippen LogP contribution in [0.1, 0.15) is 32.8 Å². The van der Waals surface area contributed by atoms with Crippen molar-refractivity contribution in [2.24, 2.45) is 5.92 Å². The van der Waals surface area contributed by atoms with Crippen molar-refractivity contribution in [1.82, 2.24) is 9.62 Å². The Hall–Kier alpha value is -2.43. The number of piperidine rings is 1. The van der Waals surface area contributed by atoms with E-state index in [4.69, 9.17) is 0 Å². The minimum absolute atomic E-state index is 0.00916. The zero-order valence-electron chi connectivity index (χ0n) is 19.1. The summed E-state index contributed by atoms with van der Waals surface area (Å²) in [6.45, 7) is 4.21. The fourth-order valence-corrected chi connectivity index (χ4v) is 5.72. The predicted molar refractivity (Wildman–Crippen MR) is 121 cm³/mol. The lowest BCUT2D eigenvalue weighted by Gasteiger charge is -2.35. The Morgan fingerprint density at radius 2 is 1.82 bits per heavy atom. The maximum atomic E-state index is 15.5. The first-order chi connectivity index (χ1) is 15.8. The van der Waals surface area contributed by atoms with E-state index in [1.807, 2.05) is 0 Å². The van der Waals surface area contributed by atoms with E-state index >= 15 is 4.39 Å². The average Bonchev–Trinajstić information content (AvgIpc) is 3.46. The van der Waals surface area contributed by atoms with Gasteiger partial charge >= 0.3 is 0 Å². The van der Waals surface area contributed by atoms with Crippen molar-refractivity contribution in [1.29, 1.82) is 0 Å². The molecule has 1 aliphatic carbocycles. The molecule has 2 aliphatic rings. The normalized spacial score (nSPS) is 24.3. The molecule has 1 saturated heterocycles. The van der Waals surface area contributed by atoms with Crippen molar-refractivity contribution in [3.63, 3.8) is 0 Å². The molecule has 4 atom stereocenters. The molecule has 1 heterocycles.